The van der Waals surface area contributed by atoms with Crippen LogP contribution < -0.4 is 0 Å². The van der Waals surface area contributed by atoms with Crippen molar-refractivity contribution < 1.29 is 4.42 Å². The molecule has 7 aromatic rings. The fourth-order valence-corrected chi connectivity index (χ4v) is 5.36. The normalized spacial score (nSPS) is 11.4. The smallest absolute Gasteiger partial charge is 0.135 e. The van der Waals surface area contributed by atoms with E-state index in [1.165, 1.54) is 38.2 Å². The summed E-state index contributed by atoms with van der Waals surface area (Å²) in [5.41, 5.74) is 7.08. The summed E-state index contributed by atoms with van der Waals surface area (Å²) in [5.74, 6) is 0. The molecular weight excluding hydrogens is 426 g/mol. The molecule has 0 radical (unpaired) electrons. The van der Waals surface area contributed by atoms with Crippen LogP contribution in [-0.2, 0) is 0 Å². The van der Waals surface area contributed by atoms with E-state index < -0.39 is 0 Å². The molecule has 0 aliphatic rings. The van der Waals surface area contributed by atoms with E-state index in [4.69, 9.17) is 4.42 Å². The largest absolute Gasteiger partial charge is 0.456 e. The van der Waals surface area contributed by atoms with Crippen LogP contribution in [0.15, 0.2) is 120 Å². The Hall–Kier alpha value is -4.87. The zero-order valence-corrected chi connectivity index (χ0v) is 18.8. The average Bonchev–Trinajstić information content (AvgIpc) is 3.29. The van der Waals surface area contributed by atoms with Gasteiger partial charge in [0.2, 0.25) is 0 Å². The number of hydrogen-bond acceptors (Lipinski definition) is 2. The highest BCUT2D eigenvalue weighted by Gasteiger charge is 2.17. The summed E-state index contributed by atoms with van der Waals surface area (Å²) >= 11 is 0. The first-order valence-corrected chi connectivity index (χ1v) is 11.7. The van der Waals surface area contributed by atoms with Crippen LogP contribution >= 0.6 is 0 Å². The van der Waals surface area contributed by atoms with E-state index in [2.05, 4.69) is 97.1 Å². The maximum atomic E-state index is 9.42. The van der Waals surface area contributed by atoms with Crippen molar-refractivity contribution in [1.82, 2.24) is 0 Å². The minimum absolute atomic E-state index is 0.633. The lowest BCUT2D eigenvalue weighted by Crippen LogP contribution is -1.90. The summed E-state index contributed by atoms with van der Waals surface area (Å²) in [6, 6.07) is 42.2. The summed E-state index contributed by atoms with van der Waals surface area (Å²) in [6.07, 6.45) is 0. The lowest BCUT2D eigenvalue weighted by molar-refractivity contribution is 0.669. The monoisotopic (exact) mass is 445 g/mol. The Morgan fingerprint density at radius 2 is 0.971 bits per heavy atom. The molecule has 35 heavy (non-hydrogen) atoms. The number of benzene rings is 6. The first kappa shape index (κ1) is 19.6. The molecular formula is C33H19NO. The molecule has 1 heterocycles. The fraction of sp³-hybridized carbons (Fsp3) is 0. The number of fused-ring (bicyclic) bond motifs is 5. The van der Waals surface area contributed by atoms with Gasteiger partial charge in [-0.25, -0.2) is 0 Å². The summed E-state index contributed by atoms with van der Waals surface area (Å²) in [6.45, 7) is 0. The van der Waals surface area contributed by atoms with Crippen molar-refractivity contribution in [2.45, 2.75) is 0 Å². The van der Waals surface area contributed by atoms with Crippen molar-refractivity contribution in [2.24, 2.45) is 0 Å². The maximum absolute atomic E-state index is 9.42. The van der Waals surface area contributed by atoms with Crippen LogP contribution in [0.3, 0.4) is 0 Å². The lowest BCUT2D eigenvalue weighted by Gasteiger charge is -2.17. The molecule has 0 aliphatic heterocycles. The van der Waals surface area contributed by atoms with E-state index in [-0.39, 0.29) is 0 Å². The molecule has 2 heteroatoms. The predicted octanol–water partition coefficient (Wildman–Crippen LogP) is 9.10. The highest BCUT2D eigenvalue weighted by molar-refractivity contribution is 6.22. The van der Waals surface area contributed by atoms with Crippen LogP contribution in [0, 0.1) is 11.3 Å². The average molecular weight is 446 g/mol. The molecule has 0 aliphatic carbocycles. The van der Waals surface area contributed by atoms with Crippen LogP contribution in [0.4, 0.5) is 0 Å². The van der Waals surface area contributed by atoms with Crippen molar-refractivity contribution >= 4 is 43.5 Å². The quantitative estimate of drug-likeness (QED) is 0.249. The van der Waals surface area contributed by atoms with Crippen molar-refractivity contribution in [3.05, 3.63) is 121 Å². The Balaban J connectivity index is 1.61. The first-order valence-electron chi connectivity index (χ1n) is 11.7. The van der Waals surface area contributed by atoms with Gasteiger partial charge in [-0.05, 0) is 74.1 Å². The van der Waals surface area contributed by atoms with Gasteiger partial charge in [0.05, 0.1) is 11.6 Å². The van der Waals surface area contributed by atoms with Crippen LogP contribution in [0.5, 0.6) is 0 Å². The number of nitriles is 1. The SMILES string of the molecule is N#Cc1ccc2oc3ccc(-c4c5ccccc5c(-c5ccccc5)c5ccccc45)cc3c2c1. The molecule has 7 rings (SSSR count). The summed E-state index contributed by atoms with van der Waals surface area (Å²) in [5, 5.41) is 16.3. The van der Waals surface area contributed by atoms with Crippen LogP contribution in [0.1, 0.15) is 5.56 Å². The zero-order chi connectivity index (χ0) is 23.4. The van der Waals surface area contributed by atoms with E-state index in [1.807, 2.05) is 18.2 Å². The Morgan fingerprint density at radius 1 is 0.457 bits per heavy atom. The molecule has 0 atom stereocenters. The standard InChI is InChI=1S/C33H19NO/c34-20-21-14-16-30-28(18-21)29-19-23(15-17-31(29)35-30)33-26-12-6-4-10-24(26)32(22-8-2-1-3-9-22)25-11-5-7-13-27(25)33/h1-19H. The highest BCUT2D eigenvalue weighted by Crippen LogP contribution is 2.44. The van der Waals surface area contributed by atoms with Gasteiger partial charge in [-0.1, -0.05) is 84.9 Å². The maximum Gasteiger partial charge on any atom is 0.135 e. The number of nitrogens with zero attached hydrogens (tertiary/aromatic N) is 1. The van der Waals surface area contributed by atoms with E-state index >= 15 is 0 Å². The minimum Gasteiger partial charge on any atom is -0.456 e. The highest BCUT2D eigenvalue weighted by atomic mass is 16.3. The third-order valence-electron chi connectivity index (χ3n) is 6.88. The van der Waals surface area contributed by atoms with E-state index in [0.717, 1.165) is 27.5 Å². The molecule has 0 amide bonds. The molecule has 0 bridgehead atoms. The molecule has 6 aromatic carbocycles. The Kier molecular flexibility index (Phi) is 4.24. The van der Waals surface area contributed by atoms with Gasteiger partial charge < -0.3 is 4.42 Å². The van der Waals surface area contributed by atoms with Gasteiger partial charge in [-0.3, -0.25) is 0 Å². The third kappa shape index (κ3) is 2.96. The number of furan rings is 1. The van der Waals surface area contributed by atoms with Crippen molar-refractivity contribution in [3.8, 4) is 28.3 Å². The van der Waals surface area contributed by atoms with Crippen LogP contribution in [0.2, 0.25) is 0 Å². The predicted molar refractivity (Wildman–Crippen MR) is 144 cm³/mol. The van der Waals surface area contributed by atoms with Crippen molar-refractivity contribution in [2.75, 3.05) is 0 Å². The fourth-order valence-electron chi connectivity index (χ4n) is 5.36. The lowest BCUT2D eigenvalue weighted by atomic mass is 9.86. The second-order valence-corrected chi connectivity index (χ2v) is 8.84. The summed E-state index contributed by atoms with van der Waals surface area (Å²) < 4.78 is 6.09. The Morgan fingerprint density at radius 3 is 1.57 bits per heavy atom. The first-order chi connectivity index (χ1) is 17.3. The van der Waals surface area contributed by atoms with Crippen LogP contribution in [0.25, 0.3) is 65.7 Å². The topological polar surface area (TPSA) is 36.9 Å². The molecule has 0 saturated heterocycles. The van der Waals surface area contributed by atoms with E-state index in [1.54, 1.807) is 6.07 Å². The van der Waals surface area contributed by atoms with E-state index in [9.17, 15) is 5.26 Å². The second kappa shape index (κ2) is 7.58. The molecule has 2 nitrogen and oxygen atoms in total. The van der Waals surface area contributed by atoms with Crippen molar-refractivity contribution in [3.63, 3.8) is 0 Å². The summed E-state index contributed by atoms with van der Waals surface area (Å²) in [4.78, 5) is 0. The van der Waals surface area contributed by atoms with Crippen molar-refractivity contribution in [1.29, 1.82) is 5.26 Å². The molecule has 162 valence electrons. The molecule has 0 unspecified atom stereocenters. The van der Waals surface area contributed by atoms with E-state index in [0.29, 0.717) is 5.56 Å². The van der Waals surface area contributed by atoms with Gasteiger partial charge in [0.25, 0.3) is 0 Å². The van der Waals surface area contributed by atoms with Gasteiger partial charge in [0.1, 0.15) is 11.2 Å². The second-order valence-electron chi connectivity index (χ2n) is 8.84. The van der Waals surface area contributed by atoms with Gasteiger partial charge in [-0.2, -0.15) is 5.26 Å². The molecule has 0 fully saturated rings. The molecule has 0 N–H and O–H groups in total. The Bertz CT molecular complexity index is 1900. The minimum atomic E-state index is 0.633. The molecule has 0 spiro atoms. The Labute approximate surface area is 202 Å². The number of hydrogen-bond donors (Lipinski definition) is 0. The van der Waals surface area contributed by atoms with Gasteiger partial charge >= 0.3 is 0 Å². The third-order valence-corrected chi connectivity index (χ3v) is 6.88. The van der Waals surface area contributed by atoms with Gasteiger partial charge in [0, 0.05) is 10.8 Å². The summed E-state index contributed by atoms with van der Waals surface area (Å²) in [7, 11) is 0. The zero-order valence-electron chi connectivity index (χ0n) is 18.8. The number of rotatable bonds is 2. The molecule has 1 aromatic heterocycles. The molecule has 0 saturated carbocycles. The van der Waals surface area contributed by atoms with Crippen LogP contribution in [-0.4, -0.2) is 0 Å². The van der Waals surface area contributed by atoms with Gasteiger partial charge in [0.15, 0.2) is 0 Å². The van der Waals surface area contributed by atoms with Gasteiger partial charge in [-0.15, -0.1) is 0 Å².